The van der Waals surface area contributed by atoms with E-state index in [2.05, 4.69) is 15.3 Å². The standard InChI is InChI=1S/C27H30ClN5O5S2/c1-5-18-15-32(40(35,36)23-8-7-11-29-27(23)38-18)14-17-12-22(39-26(17)28)20(13-24(34)37-4)19-9-10-21-25(16(19)3)30-31-33(21)6-2/h7-12,18,20H,5-6,13-15H2,1-4H3/t18-,20-/m1/s1. The van der Waals surface area contributed by atoms with Crippen LogP contribution in [0.15, 0.2) is 41.4 Å². The number of pyridine rings is 1. The van der Waals surface area contributed by atoms with Crippen LogP contribution in [0.25, 0.3) is 11.0 Å². The van der Waals surface area contributed by atoms with E-state index in [0.717, 1.165) is 27.0 Å². The van der Waals surface area contributed by atoms with Gasteiger partial charge >= 0.3 is 5.97 Å². The molecule has 0 saturated carbocycles. The average molecular weight is 604 g/mol. The van der Waals surface area contributed by atoms with Crippen molar-refractivity contribution in [3.05, 3.63) is 62.4 Å². The molecule has 10 nitrogen and oxygen atoms in total. The highest BCUT2D eigenvalue weighted by atomic mass is 35.5. The molecule has 0 saturated heterocycles. The lowest BCUT2D eigenvalue weighted by Crippen LogP contribution is -2.36. The number of nitrogens with zero attached hydrogens (tertiary/aromatic N) is 5. The molecule has 1 aromatic carbocycles. The first-order chi connectivity index (χ1) is 19.2. The number of rotatable bonds is 8. The number of methoxy groups -OCH3 is 1. The van der Waals surface area contributed by atoms with Crippen LogP contribution < -0.4 is 4.74 Å². The molecule has 2 atom stereocenters. The molecule has 1 aliphatic rings. The molecule has 0 unspecified atom stereocenters. The Bertz CT molecular complexity index is 1670. The third-order valence-electron chi connectivity index (χ3n) is 7.22. The number of hydrogen-bond donors (Lipinski definition) is 0. The van der Waals surface area contributed by atoms with Gasteiger partial charge in [-0.05, 0) is 61.2 Å². The van der Waals surface area contributed by atoms with E-state index >= 15 is 0 Å². The quantitative estimate of drug-likeness (QED) is 0.260. The number of carbonyl (C=O) groups is 1. The average Bonchev–Trinajstić information content (AvgIpc) is 3.51. The van der Waals surface area contributed by atoms with Gasteiger partial charge in [0.25, 0.3) is 0 Å². The number of carbonyl (C=O) groups excluding carboxylic acids is 1. The summed E-state index contributed by atoms with van der Waals surface area (Å²) in [6.07, 6.45) is 1.85. The zero-order valence-electron chi connectivity index (χ0n) is 22.6. The lowest BCUT2D eigenvalue weighted by molar-refractivity contribution is -0.140. The molecule has 0 aliphatic carbocycles. The fourth-order valence-corrected chi connectivity index (χ4v) is 7.91. The third-order valence-corrected chi connectivity index (χ3v) is 10.6. The predicted octanol–water partition coefficient (Wildman–Crippen LogP) is 4.93. The molecule has 5 rings (SSSR count). The lowest BCUT2D eigenvalue weighted by atomic mass is 9.89. The molecule has 0 radical (unpaired) electrons. The highest BCUT2D eigenvalue weighted by Crippen LogP contribution is 2.41. The van der Waals surface area contributed by atoms with Gasteiger partial charge in [-0.15, -0.1) is 16.4 Å². The van der Waals surface area contributed by atoms with Crippen LogP contribution in [-0.2, 0) is 32.6 Å². The minimum Gasteiger partial charge on any atom is -0.472 e. The van der Waals surface area contributed by atoms with Gasteiger partial charge < -0.3 is 9.47 Å². The summed E-state index contributed by atoms with van der Waals surface area (Å²) in [6, 6.07) is 8.92. The summed E-state index contributed by atoms with van der Waals surface area (Å²) in [5.74, 6) is -0.620. The van der Waals surface area contributed by atoms with Crippen LogP contribution in [-0.4, -0.2) is 58.4 Å². The normalized spacial score (nSPS) is 17.7. The number of fused-ring (bicyclic) bond motifs is 2. The number of benzene rings is 1. The number of aryl methyl sites for hydroxylation is 2. The largest absolute Gasteiger partial charge is 0.472 e. The molecule has 0 N–H and O–H groups in total. The summed E-state index contributed by atoms with van der Waals surface area (Å²) in [7, 11) is -2.54. The molecule has 40 heavy (non-hydrogen) atoms. The van der Waals surface area contributed by atoms with E-state index in [0.29, 0.717) is 22.9 Å². The Morgan fingerprint density at radius 1 is 1.30 bits per heavy atom. The number of esters is 1. The van der Waals surface area contributed by atoms with Gasteiger partial charge in [-0.1, -0.05) is 29.8 Å². The van der Waals surface area contributed by atoms with Crippen molar-refractivity contribution in [3.63, 3.8) is 0 Å². The number of aromatic nitrogens is 4. The molecule has 3 aromatic heterocycles. The van der Waals surface area contributed by atoms with Crippen molar-refractivity contribution in [1.82, 2.24) is 24.3 Å². The second kappa shape index (κ2) is 11.4. The van der Waals surface area contributed by atoms with Gasteiger partial charge in [-0.2, -0.15) is 4.31 Å². The molecule has 0 bridgehead atoms. The minimum absolute atomic E-state index is 0.0325. The Labute approximate surface area is 241 Å². The zero-order chi connectivity index (χ0) is 28.6. The number of thiophene rings is 1. The first-order valence-electron chi connectivity index (χ1n) is 13.0. The maximum absolute atomic E-state index is 13.6. The molecule has 0 fully saturated rings. The molecule has 1 aliphatic heterocycles. The minimum atomic E-state index is -3.89. The SMILES string of the molecule is CC[C@@H]1CN(Cc2cc([C@H](CC(=O)OC)c3ccc4c(nnn4CC)c3C)sc2Cl)S(=O)(=O)c2cccnc2O1. The van der Waals surface area contributed by atoms with Crippen molar-refractivity contribution in [2.75, 3.05) is 13.7 Å². The van der Waals surface area contributed by atoms with Crippen molar-refractivity contribution in [1.29, 1.82) is 0 Å². The van der Waals surface area contributed by atoms with E-state index in [1.165, 1.54) is 35.0 Å². The van der Waals surface area contributed by atoms with Crippen molar-refractivity contribution < 1.29 is 22.7 Å². The molecular formula is C27H30ClN5O5S2. The van der Waals surface area contributed by atoms with Gasteiger partial charge in [-0.3, -0.25) is 4.79 Å². The molecule has 212 valence electrons. The van der Waals surface area contributed by atoms with E-state index in [9.17, 15) is 13.2 Å². The van der Waals surface area contributed by atoms with Crippen molar-refractivity contribution in [3.8, 4) is 5.88 Å². The van der Waals surface area contributed by atoms with Crippen LogP contribution in [0.2, 0.25) is 4.34 Å². The van der Waals surface area contributed by atoms with Gasteiger partial charge in [0.15, 0.2) is 0 Å². The molecule has 4 heterocycles. The van der Waals surface area contributed by atoms with Crippen LogP contribution in [0.5, 0.6) is 5.88 Å². The summed E-state index contributed by atoms with van der Waals surface area (Å²) in [6.45, 7) is 6.81. The summed E-state index contributed by atoms with van der Waals surface area (Å²) in [5, 5.41) is 8.61. The Hall–Kier alpha value is -3.06. The molecule has 4 aromatic rings. The van der Waals surface area contributed by atoms with Crippen LogP contribution in [0.1, 0.15) is 54.2 Å². The highest BCUT2D eigenvalue weighted by molar-refractivity contribution is 7.89. The highest BCUT2D eigenvalue weighted by Gasteiger charge is 2.36. The first-order valence-corrected chi connectivity index (χ1v) is 15.6. The number of hydrogen-bond acceptors (Lipinski definition) is 9. The fraction of sp³-hybridized carbons (Fsp3) is 0.407. The maximum atomic E-state index is 13.6. The van der Waals surface area contributed by atoms with Crippen LogP contribution in [0.4, 0.5) is 0 Å². The van der Waals surface area contributed by atoms with E-state index < -0.39 is 10.0 Å². The van der Waals surface area contributed by atoms with Crippen molar-refractivity contribution >= 4 is 50.0 Å². The number of sulfonamides is 1. The third kappa shape index (κ3) is 5.20. The lowest BCUT2D eigenvalue weighted by Gasteiger charge is -2.22. The topological polar surface area (TPSA) is 117 Å². The number of halogens is 1. The van der Waals surface area contributed by atoms with E-state index in [1.54, 1.807) is 6.07 Å². The summed E-state index contributed by atoms with van der Waals surface area (Å²) >= 11 is 8.07. The molecule has 13 heteroatoms. The Balaban J connectivity index is 1.53. The van der Waals surface area contributed by atoms with Crippen LogP contribution in [0, 0.1) is 6.92 Å². The Morgan fingerprint density at radius 3 is 2.83 bits per heavy atom. The van der Waals surface area contributed by atoms with Crippen LogP contribution >= 0.6 is 22.9 Å². The van der Waals surface area contributed by atoms with Gasteiger partial charge in [0.1, 0.15) is 16.5 Å². The summed E-state index contributed by atoms with van der Waals surface area (Å²) in [5.41, 5.74) is 4.16. The maximum Gasteiger partial charge on any atom is 0.306 e. The van der Waals surface area contributed by atoms with Crippen LogP contribution in [0.3, 0.4) is 0 Å². The molecule has 0 spiro atoms. The second-order valence-corrected chi connectivity index (χ2v) is 13.2. The zero-order valence-corrected chi connectivity index (χ0v) is 25.0. The van der Waals surface area contributed by atoms with E-state index in [-0.39, 0.29) is 48.3 Å². The number of ether oxygens (including phenoxy) is 2. The van der Waals surface area contributed by atoms with Crippen molar-refractivity contribution in [2.24, 2.45) is 0 Å². The molecular weight excluding hydrogens is 574 g/mol. The second-order valence-electron chi connectivity index (χ2n) is 9.59. The van der Waals surface area contributed by atoms with Gasteiger partial charge in [0, 0.05) is 30.1 Å². The summed E-state index contributed by atoms with van der Waals surface area (Å²) in [4.78, 5) is 17.5. The van der Waals surface area contributed by atoms with Gasteiger partial charge in [0.2, 0.25) is 15.9 Å². The van der Waals surface area contributed by atoms with E-state index in [1.807, 2.05) is 43.7 Å². The molecule has 0 amide bonds. The summed E-state index contributed by atoms with van der Waals surface area (Å²) < 4.78 is 41.9. The van der Waals surface area contributed by atoms with Gasteiger partial charge in [-0.25, -0.2) is 18.1 Å². The first kappa shape index (κ1) is 28.5. The van der Waals surface area contributed by atoms with Gasteiger partial charge in [0.05, 0.1) is 29.9 Å². The smallest absolute Gasteiger partial charge is 0.306 e. The van der Waals surface area contributed by atoms with E-state index in [4.69, 9.17) is 21.1 Å². The monoisotopic (exact) mass is 603 g/mol. The predicted molar refractivity (Wildman–Crippen MR) is 152 cm³/mol. The Morgan fingerprint density at radius 2 is 2.10 bits per heavy atom. The fourth-order valence-electron chi connectivity index (χ4n) is 4.99. The van der Waals surface area contributed by atoms with Crippen molar-refractivity contribution in [2.45, 2.75) is 63.6 Å². The Kier molecular flexibility index (Phi) is 8.14.